The molecule has 8 atom stereocenters. The van der Waals surface area contributed by atoms with E-state index >= 15 is 0 Å². The van der Waals surface area contributed by atoms with Crippen molar-refractivity contribution in [2.75, 3.05) is 12.4 Å². The van der Waals surface area contributed by atoms with Gasteiger partial charge >= 0.3 is 231 Å². The molecule has 5 rings (SSSR count). The number of carboxylic acids is 16. The zero-order chi connectivity index (χ0) is 86.1. The molecule has 4 saturated carbocycles. The van der Waals surface area contributed by atoms with E-state index in [9.17, 15) is 38.4 Å². The van der Waals surface area contributed by atoms with Crippen LogP contribution in [0.3, 0.4) is 0 Å². The summed E-state index contributed by atoms with van der Waals surface area (Å²) in [4.78, 5) is 194. The summed E-state index contributed by atoms with van der Waals surface area (Å²) in [6, 6.07) is 0.569. The van der Waals surface area contributed by atoms with Gasteiger partial charge in [0.1, 0.15) is 5.88 Å². The number of aliphatic carboxylic acids is 16. The number of hydrogen-bond donors (Lipinski definition) is 16. The Morgan fingerprint density at radius 2 is 0.541 bits per heavy atom. The quantitative estimate of drug-likeness (QED) is 0.0474. The van der Waals surface area contributed by atoms with Crippen LogP contribution in [-0.2, 0) is 185 Å². The number of imide groups is 1. The topological polar surface area (TPSA) is 797 Å². The predicted octanol–water partition coefficient (Wildman–Crippen LogP) is 4.38. The smallest absolute Gasteiger partial charge is 0.677 e. The average Bonchev–Trinajstić information content (AvgIpc) is 1.73. The molecule has 21 N–H and O–H groups in total. The van der Waals surface area contributed by atoms with E-state index in [1.165, 1.54) is 77.0 Å². The summed E-state index contributed by atoms with van der Waals surface area (Å²) in [5.74, 6) is -23.1. The molecule has 0 aromatic carbocycles. The fourth-order valence-electron chi connectivity index (χ4n) is 5.98. The van der Waals surface area contributed by atoms with Gasteiger partial charge in [-0.05, 0) is 11.6 Å². The van der Waals surface area contributed by atoms with Gasteiger partial charge in [-0.1, -0.05) is 108 Å². The van der Waals surface area contributed by atoms with E-state index in [2.05, 4.69) is 32.5 Å². The molecule has 4 fully saturated rings. The summed E-state index contributed by atoms with van der Waals surface area (Å²) in [5, 5.41) is 120. The number of rotatable bonds is 10. The Morgan fingerprint density at radius 1 is 0.369 bits per heavy atom. The van der Waals surface area contributed by atoms with Crippen molar-refractivity contribution in [3.63, 3.8) is 0 Å². The van der Waals surface area contributed by atoms with Gasteiger partial charge in [0.05, 0.1) is 19.3 Å². The molecule has 0 radical (unpaired) electrons. The Morgan fingerprint density at radius 3 is 0.640 bits per heavy atom. The number of halogens is 2. The van der Waals surface area contributed by atoms with Crippen LogP contribution in [0.1, 0.15) is 163 Å². The molecule has 1 aliphatic heterocycles. The second-order valence-corrected chi connectivity index (χ2v) is 21.1. The normalized spacial score (nSPS) is 17.3. The molecule has 50 heteroatoms. The van der Waals surface area contributed by atoms with Crippen LogP contribution in [0, 0.1) is 51.4 Å². The number of carbonyl (C=O) groups excluding carboxylic acids is 4. The first kappa shape index (κ1) is 144. The van der Waals surface area contributed by atoms with Crippen LogP contribution < -0.4 is 68.9 Å². The molecule has 0 aromatic heterocycles. The molecular weight excluding hydrogens is 2390 g/mol. The first-order valence-corrected chi connectivity index (χ1v) is 31.1. The SMILES string of the molecule is CC(=O)O.CC(=O)O.CC(=O)O.CC(=O)O.O=C(O)C(=O)O.O=C(O)C(=O)O.O=C(O)C(=O)O.O=C(O)C(=O)O.O=C(O)CCC(=O)Cl.O=C(O)CCC(=O)ON1C(=O)C=CC1=O.O=C(O)CCl.[CH2-][C@@H]1CCCC[C@H]1[NH-].[CH2-][C@@H]1CCCC[C@H]1[NH-].[CH2-][C@@H]1CCCC[C@H]1[NH-].[CH2-][C@@H]1CCCC[C@H]1[NH-].[Cs+].[NH-]CCC(=O)O.[Pt+2].[Pt+2].[Pt+2].[Pt+2]. The van der Waals surface area contributed by atoms with Gasteiger partial charge in [-0.15, -0.1) is 18.1 Å². The van der Waals surface area contributed by atoms with Crippen molar-refractivity contribution in [1.29, 1.82) is 0 Å². The molecule has 0 spiro atoms. The van der Waals surface area contributed by atoms with Crippen molar-refractivity contribution in [3.8, 4) is 0 Å². The maximum Gasteiger partial charge on any atom is 2.00 e. The number of nitrogens with zero attached hydrogens (tertiary/aromatic N) is 1. The van der Waals surface area contributed by atoms with Gasteiger partial charge in [-0.3, -0.25) is 52.7 Å². The maximum absolute atomic E-state index is 10.9. The second kappa shape index (κ2) is 97.1. The van der Waals surface area contributed by atoms with E-state index in [0.717, 1.165) is 65.5 Å². The Kier molecular flexibility index (Phi) is 126. The standard InChI is InChI=1S/C8H7NO6.4C7H13N.C4H5ClO3.C3H6NO2.C2H3ClO2.4C2H2O4.4C2H4O2.Cs.4Pt/c10-5-1-2-6(11)9(5)15-8(14)4-3-7(12)13;4*1-6-4-2-3-5-7(6)8;5-3(6)1-2-4(7)8;4-2-1-3(5)6;3-1-2(4)5;4*3-1(4)2(5)6;4*1-2(3)4;;;;;/h1-2H,3-4H2,(H,12,13);4*6-8H,1-5H2;1-2H2,(H,7,8);4H,1-2H2,(H,5,6);1H2,(H,4,5);4*(H,3,4)(H,5,6);4*1H3,(H,3,4);;;;;/q;4*-2;;-1;;;;;;;;;;+1;4*+2/t;4*6-,7-;;;;;;;;;;;;;;;;/m.1111................/s1. The molecular formula is C61H97Cl2CsN6O37Pt4. The minimum absolute atomic E-state index is 0. The van der Waals surface area contributed by atoms with Crippen molar-refractivity contribution < 1.29 is 336 Å². The fraction of sp³-hybridized carbons (Fsp3) is 0.574. The van der Waals surface area contributed by atoms with Gasteiger partial charge in [0.2, 0.25) is 5.24 Å². The first-order valence-electron chi connectivity index (χ1n) is 30.2. The Balaban J connectivity index is -0.0000000626. The Hall–Kier alpha value is -5.27. The molecule has 43 nitrogen and oxygen atoms in total. The minimum atomic E-state index is -1.82. The number of carbonyl (C=O) groups is 20. The van der Waals surface area contributed by atoms with Crippen molar-refractivity contribution in [2.45, 2.75) is 187 Å². The van der Waals surface area contributed by atoms with Crippen molar-refractivity contribution in [2.24, 2.45) is 23.7 Å². The maximum atomic E-state index is 10.9. The molecule has 2 amide bonds. The van der Waals surface area contributed by atoms with E-state index in [0.29, 0.717) is 23.7 Å². The van der Waals surface area contributed by atoms with E-state index in [4.69, 9.17) is 191 Å². The first-order chi connectivity index (χ1) is 48.4. The molecule has 4 aliphatic carbocycles. The monoisotopic (exact) mass is 2490 g/mol. The van der Waals surface area contributed by atoms with Crippen LogP contribution in [0.4, 0.5) is 0 Å². The van der Waals surface area contributed by atoms with E-state index in [1.807, 2.05) is 0 Å². The zero-order valence-corrected chi connectivity index (χ0v) is 77.4. The third-order valence-corrected chi connectivity index (χ3v) is 11.3. The van der Waals surface area contributed by atoms with Crippen molar-refractivity contribution in [1.82, 2.24) is 5.06 Å². The van der Waals surface area contributed by atoms with E-state index in [1.54, 1.807) is 0 Å². The number of carboxylic acid groups (broad SMARTS) is 16. The molecule has 0 saturated heterocycles. The Labute approximate surface area is 765 Å². The molecule has 0 aromatic rings. The van der Waals surface area contributed by atoms with Crippen LogP contribution in [0.25, 0.3) is 28.7 Å². The molecule has 1 heterocycles. The van der Waals surface area contributed by atoms with Crippen LogP contribution >= 0.6 is 23.2 Å². The average molecular weight is 2490 g/mol. The summed E-state index contributed by atoms with van der Waals surface area (Å²) >= 11 is 9.56. The van der Waals surface area contributed by atoms with Gasteiger partial charge in [-0.2, -0.15) is 47.8 Å². The third kappa shape index (κ3) is 147. The number of alkyl halides is 1. The molecule has 111 heavy (non-hydrogen) atoms. The Bertz CT molecular complexity index is 2360. The van der Waals surface area contributed by atoms with Gasteiger partial charge < -0.3 is 143 Å². The van der Waals surface area contributed by atoms with Gasteiger partial charge in [0.25, 0.3) is 35.7 Å². The second-order valence-electron chi connectivity index (χ2n) is 20.5. The summed E-state index contributed by atoms with van der Waals surface area (Å²) in [6.45, 7) is 19.9. The fourth-order valence-corrected chi connectivity index (χ4v) is 6.07. The number of hydrogen-bond acceptors (Lipinski definition) is 21. The van der Waals surface area contributed by atoms with Crippen LogP contribution in [0.5, 0.6) is 0 Å². The van der Waals surface area contributed by atoms with Crippen LogP contribution in [-0.4, -0.2) is 242 Å². The zero-order valence-electron chi connectivity index (χ0n) is 60.6. The summed E-state index contributed by atoms with van der Waals surface area (Å²) in [7, 11) is 0. The minimum Gasteiger partial charge on any atom is -0.677 e. The molecule has 5 aliphatic rings. The molecule has 648 valence electrons. The number of amides is 2. The van der Waals surface area contributed by atoms with Crippen molar-refractivity contribution in [3.05, 3.63) is 68.5 Å². The van der Waals surface area contributed by atoms with Crippen molar-refractivity contribution >= 4 is 142 Å². The van der Waals surface area contributed by atoms with E-state index < -0.39 is 131 Å². The molecule has 0 bridgehead atoms. The largest absolute Gasteiger partial charge is 2.00 e. The van der Waals surface area contributed by atoms with E-state index in [-0.39, 0.29) is 214 Å². The summed E-state index contributed by atoms with van der Waals surface area (Å²) in [6.07, 6.45) is 20.0. The van der Waals surface area contributed by atoms with Gasteiger partial charge in [-0.25, -0.2) is 43.2 Å². The predicted molar refractivity (Wildman–Crippen MR) is 368 cm³/mol. The number of hydroxylamine groups is 2. The number of nitrogens with one attached hydrogen (secondary N) is 5. The summed E-state index contributed by atoms with van der Waals surface area (Å²) in [5.41, 5.74) is 36.0. The third-order valence-electron chi connectivity index (χ3n) is 10.9. The van der Waals surface area contributed by atoms with Crippen LogP contribution in [0.2, 0.25) is 0 Å². The van der Waals surface area contributed by atoms with Gasteiger partial charge in [0.15, 0.2) is 0 Å². The van der Waals surface area contributed by atoms with Crippen LogP contribution in [0.15, 0.2) is 12.2 Å². The molecule has 0 unspecified atom stereocenters. The summed E-state index contributed by atoms with van der Waals surface area (Å²) < 4.78 is 0. The van der Waals surface area contributed by atoms with Gasteiger partial charge in [0, 0.05) is 52.7 Å².